The molecule has 2 bridgehead atoms. The fraction of sp³-hybridized carbons (Fsp3) is 0.444. The zero-order valence-corrected chi connectivity index (χ0v) is 20.4. The number of amides is 3. The maximum atomic E-state index is 13.9. The van der Waals surface area contributed by atoms with Gasteiger partial charge in [0, 0.05) is 6.04 Å². The third-order valence-corrected chi connectivity index (χ3v) is 9.62. The molecule has 3 amide bonds. The van der Waals surface area contributed by atoms with Gasteiger partial charge in [0.15, 0.2) is 0 Å². The molecule has 7 heteroatoms. The number of benzene rings is 2. The highest BCUT2D eigenvalue weighted by Gasteiger charge is 2.73. The smallest absolute Gasteiger partial charge is 0.243 e. The Balaban J connectivity index is 1.44. The number of imide groups is 1. The predicted octanol–water partition coefficient (Wildman–Crippen LogP) is 4.42. The summed E-state index contributed by atoms with van der Waals surface area (Å²) in [7, 11) is 0. The molecule has 2 aromatic rings. The number of hydrogen-bond acceptors (Lipinski definition) is 3. The lowest BCUT2D eigenvalue weighted by Gasteiger charge is -2.54. The van der Waals surface area contributed by atoms with Gasteiger partial charge in [0.2, 0.25) is 17.7 Å². The second-order valence-electron chi connectivity index (χ2n) is 10.0. The molecule has 0 aromatic heterocycles. The van der Waals surface area contributed by atoms with Gasteiger partial charge in [-0.05, 0) is 42.0 Å². The van der Waals surface area contributed by atoms with E-state index < -0.39 is 39.4 Å². The molecule has 7 rings (SSSR count). The van der Waals surface area contributed by atoms with Crippen molar-refractivity contribution in [2.45, 2.75) is 60.9 Å². The molecule has 1 saturated heterocycles. The second kappa shape index (κ2) is 7.56. The average molecular weight is 497 g/mol. The summed E-state index contributed by atoms with van der Waals surface area (Å²) >= 11 is 14.9. The minimum absolute atomic E-state index is 0.0854. The number of nitrogens with zero attached hydrogens (tertiary/aromatic N) is 1. The van der Waals surface area contributed by atoms with Crippen LogP contribution in [0.15, 0.2) is 48.5 Å². The lowest BCUT2D eigenvalue weighted by atomic mass is 9.54. The number of carbonyl (C=O) groups is 3. The zero-order chi connectivity index (χ0) is 23.8. The summed E-state index contributed by atoms with van der Waals surface area (Å²) in [5, 5.41) is 3.06. The Bertz CT molecular complexity index is 1100. The zero-order valence-electron chi connectivity index (χ0n) is 18.9. The Morgan fingerprint density at radius 3 is 1.68 bits per heavy atom. The van der Waals surface area contributed by atoms with E-state index in [1.807, 2.05) is 48.5 Å². The minimum Gasteiger partial charge on any atom is -0.352 e. The monoisotopic (exact) mass is 496 g/mol. The second-order valence-corrected chi connectivity index (χ2v) is 11.2. The third-order valence-electron chi connectivity index (χ3n) is 8.34. The van der Waals surface area contributed by atoms with Gasteiger partial charge in [0.1, 0.15) is 15.8 Å². The standard InChI is InChI=1S/C27H26Cl2N2O3/c1-15(23(32)30-16-9-3-2-4-10-16)31-24(33)21-22(25(31)34)27(29)18-12-6-5-11-17(18)26(21,28)19-13-7-8-14-20(19)27/h5-8,11-16,21-22H,2-4,9-10H2,1H3,(H,30,32)/t15-,21-,22-,26?,27?/m1/s1. The van der Waals surface area contributed by atoms with Crippen LogP contribution in [0.1, 0.15) is 61.3 Å². The van der Waals surface area contributed by atoms with Crippen molar-refractivity contribution in [2.75, 3.05) is 0 Å². The molecule has 1 saturated carbocycles. The molecular formula is C27H26Cl2N2O3. The van der Waals surface area contributed by atoms with E-state index >= 15 is 0 Å². The number of likely N-dealkylation sites (tertiary alicyclic amines) is 1. The van der Waals surface area contributed by atoms with E-state index in [2.05, 4.69) is 5.32 Å². The molecule has 4 aliphatic carbocycles. The fourth-order valence-corrected chi connectivity index (χ4v) is 7.85. The van der Waals surface area contributed by atoms with Crippen LogP contribution in [-0.2, 0) is 24.1 Å². The minimum atomic E-state index is -1.23. The van der Waals surface area contributed by atoms with E-state index in [4.69, 9.17) is 23.2 Å². The van der Waals surface area contributed by atoms with Crippen molar-refractivity contribution >= 4 is 40.9 Å². The topological polar surface area (TPSA) is 66.5 Å². The first-order valence-electron chi connectivity index (χ1n) is 12.1. The first-order chi connectivity index (χ1) is 16.3. The van der Waals surface area contributed by atoms with E-state index in [1.165, 1.54) is 6.42 Å². The van der Waals surface area contributed by atoms with Crippen molar-refractivity contribution in [3.8, 4) is 0 Å². The van der Waals surface area contributed by atoms with Crippen LogP contribution >= 0.6 is 23.2 Å². The van der Waals surface area contributed by atoms with Gasteiger partial charge in [0.25, 0.3) is 0 Å². The lowest BCUT2D eigenvalue weighted by molar-refractivity contribution is -0.147. The molecule has 2 aromatic carbocycles. The molecule has 1 N–H and O–H groups in total. The third kappa shape index (κ3) is 2.66. The van der Waals surface area contributed by atoms with Crippen LogP contribution in [0.3, 0.4) is 0 Å². The SMILES string of the molecule is C[C@H](C(=O)NC1CCCCC1)N1C(=O)[C@H]2[C@H](C1=O)C1(Cl)c3ccccc3C2(Cl)c2ccccc21. The quantitative estimate of drug-likeness (QED) is 0.505. The van der Waals surface area contributed by atoms with Gasteiger partial charge in [-0.25, -0.2) is 0 Å². The number of alkyl halides is 2. The van der Waals surface area contributed by atoms with Crippen LogP contribution in [0.25, 0.3) is 0 Å². The Kier molecular flexibility index (Phi) is 4.92. The first kappa shape index (κ1) is 22.1. The highest BCUT2D eigenvalue weighted by atomic mass is 35.5. The van der Waals surface area contributed by atoms with Gasteiger partial charge in [-0.3, -0.25) is 19.3 Å². The molecule has 1 heterocycles. The highest BCUT2D eigenvalue weighted by molar-refractivity contribution is 6.36. The number of rotatable bonds is 3. The van der Waals surface area contributed by atoms with E-state index in [0.29, 0.717) is 0 Å². The van der Waals surface area contributed by atoms with Gasteiger partial charge in [-0.15, -0.1) is 23.2 Å². The summed E-state index contributed by atoms with van der Waals surface area (Å²) in [6, 6.07) is 14.2. The van der Waals surface area contributed by atoms with Crippen LogP contribution < -0.4 is 5.32 Å². The Labute approximate surface area is 208 Å². The molecular weight excluding hydrogens is 471 g/mol. The van der Waals surface area contributed by atoms with Crippen molar-refractivity contribution in [3.05, 3.63) is 70.8 Å². The molecule has 176 valence electrons. The van der Waals surface area contributed by atoms with Crippen molar-refractivity contribution < 1.29 is 14.4 Å². The molecule has 1 aliphatic heterocycles. The summed E-state index contributed by atoms with van der Waals surface area (Å²) in [4.78, 5) is 39.7. The summed E-state index contributed by atoms with van der Waals surface area (Å²) in [5.74, 6) is -2.92. The van der Waals surface area contributed by atoms with Crippen molar-refractivity contribution in [1.82, 2.24) is 10.2 Å². The largest absolute Gasteiger partial charge is 0.352 e. The predicted molar refractivity (Wildman–Crippen MR) is 129 cm³/mol. The number of carbonyl (C=O) groups excluding carboxylic acids is 3. The Morgan fingerprint density at radius 1 is 0.853 bits per heavy atom. The maximum Gasteiger partial charge on any atom is 0.243 e. The van der Waals surface area contributed by atoms with Crippen LogP contribution in [0.5, 0.6) is 0 Å². The molecule has 34 heavy (non-hydrogen) atoms. The van der Waals surface area contributed by atoms with Gasteiger partial charge < -0.3 is 5.32 Å². The summed E-state index contributed by atoms with van der Waals surface area (Å²) in [6.07, 6.45) is 5.17. The number of nitrogens with one attached hydrogen (secondary N) is 1. The Morgan fingerprint density at radius 2 is 1.26 bits per heavy atom. The van der Waals surface area contributed by atoms with E-state index in [9.17, 15) is 14.4 Å². The van der Waals surface area contributed by atoms with E-state index in [1.54, 1.807) is 6.92 Å². The van der Waals surface area contributed by atoms with Crippen molar-refractivity contribution in [3.63, 3.8) is 0 Å². The van der Waals surface area contributed by atoms with Gasteiger partial charge in [0.05, 0.1) is 11.8 Å². The van der Waals surface area contributed by atoms with E-state index in [-0.39, 0.29) is 11.9 Å². The van der Waals surface area contributed by atoms with Crippen molar-refractivity contribution in [2.24, 2.45) is 11.8 Å². The number of hydrogen-bond donors (Lipinski definition) is 1. The molecule has 0 spiro atoms. The molecule has 3 atom stereocenters. The number of halogens is 2. The molecule has 2 fully saturated rings. The van der Waals surface area contributed by atoms with Gasteiger partial charge in [-0.1, -0.05) is 67.8 Å². The van der Waals surface area contributed by atoms with Crippen LogP contribution in [0, 0.1) is 11.8 Å². The lowest BCUT2D eigenvalue weighted by Crippen LogP contribution is -2.57. The fourth-order valence-electron chi connectivity index (χ4n) is 6.76. The highest BCUT2D eigenvalue weighted by Crippen LogP contribution is 2.69. The molecule has 5 nitrogen and oxygen atoms in total. The molecule has 0 radical (unpaired) electrons. The van der Waals surface area contributed by atoms with Gasteiger partial charge >= 0.3 is 0 Å². The normalized spacial score (nSPS) is 32.7. The van der Waals surface area contributed by atoms with E-state index in [0.717, 1.165) is 52.8 Å². The molecule has 5 aliphatic rings. The summed E-state index contributed by atoms with van der Waals surface area (Å²) in [5.41, 5.74) is 3.03. The Hall–Kier alpha value is -2.37. The van der Waals surface area contributed by atoms with Crippen LogP contribution in [0.4, 0.5) is 0 Å². The molecule has 0 unspecified atom stereocenters. The van der Waals surface area contributed by atoms with Crippen molar-refractivity contribution in [1.29, 1.82) is 0 Å². The average Bonchev–Trinajstić information content (AvgIpc) is 3.13. The van der Waals surface area contributed by atoms with Crippen LogP contribution in [0.2, 0.25) is 0 Å². The first-order valence-corrected chi connectivity index (χ1v) is 12.8. The van der Waals surface area contributed by atoms with Crippen LogP contribution in [-0.4, -0.2) is 34.7 Å². The van der Waals surface area contributed by atoms with Gasteiger partial charge in [-0.2, -0.15) is 0 Å². The maximum absolute atomic E-state index is 13.9. The summed E-state index contributed by atoms with van der Waals surface area (Å²) in [6.45, 7) is 1.62. The summed E-state index contributed by atoms with van der Waals surface area (Å²) < 4.78 is 0.